The van der Waals surface area contributed by atoms with Crippen molar-refractivity contribution in [3.8, 4) is 0 Å². The van der Waals surface area contributed by atoms with Crippen LogP contribution in [0.3, 0.4) is 0 Å². The Morgan fingerprint density at radius 1 is 1.25 bits per heavy atom. The van der Waals surface area contributed by atoms with E-state index in [0.717, 1.165) is 0 Å². The van der Waals surface area contributed by atoms with Gasteiger partial charge in [0.1, 0.15) is 5.82 Å². The van der Waals surface area contributed by atoms with Gasteiger partial charge in [0.05, 0.1) is 17.4 Å². The van der Waals surface area contributed by atoms with Crippen LogP contribution in [0.5, 0.6) is 0 Å². The van der Waals surface area contributed by atoms with Crippen LogP contribution in [0.4, 0.5) is 11.5 Å². The van der Waals surface area contributed by atoms with E-state index in [0.29, 0.717) is 17.1 Å². The van der Waals surface area contributed by atoms with Gasteiger partial charge in [-0.3, -0.25) is 9.78 Å². The molecule has 2 rings (SSSR count). The number of carbonyl (C=O) groups excluding carboxylic acids is 1. The Hall–Kier alpha value is -2.43. The molecule has 5 nitrogen and oxygen atoms in total. The summed E-state index contributed by atoms with van der Waals surface area (Å²) in [6.45, 7) is 0. The van der Waals surface area contributed by atoms with Crippen LogP contribution in [0.2, 0.25) is 0 Å². The lowest BCUT2D eigenvalue weighted by Crippen LogP contribution is -2.14. The van der Waals surface area contributed by atoms with Crippen LogP contribution in [0.1, 0.15) is 10.4 Å². The number of nitrogens with two attached hydrogens (primary N) is 1. The third-order valence-electron chi connectivity index (χ3n) is 2.00. The van der Waals surface area contributed by atoms with E-state index in [-0.39, 0.29) is 5.91 Å². The highest BCUT2D eigenvalue weighted by Gasteiger charge is 2.09. The van der Waals surface area contributed by atoms with E-state index >= 15 is 0 Å². The van der Waals surface area contributed by atoms with Crippen LogP contribution in [0, 0.1) is 0 Å². The number of nitrogens with zero attached hydrogens (tertiary/aromatic N) is 2. The molecule has 0 bridgehead atoms. The van der Waals surface area contributed by atoms with E-state index in [1.54, 1.807) is 30.5 Å². The SMILES string of the molecule is Nc1cnccc1C(=O)Nc1ccccn1. The van der Waals surface area contributed by atoms with Crippen molar-refractivity contribution in [2.24, 2.45) is 0 Å². The number of nitrogens with one attached hydrogen (secondary N) is 1. The van der Waals surface area contributed by atoms with Crippen molar-refractivity contribution in [1.82, 2.24) is 9.97 Å². The Kier molecular flexibility index (Phi) is 2.77. The number of amides is 1. The molecule has 0 spiro atoms. The maximum atomic E-state index is 11.8. The Morgan fingerprint density at radius 3 is 2.81 bits per heavy atom. The molecule has 0 fully saturated rings. The first-order valence-corrected chi connectivity index (χ1v) is 4.69. The van der Waals surface area contributed by atoms with Gasteiger partial charge in [-0.25, -0.2) is 4.98 Å². The molecule has 2 aromatic rings. The van der Waals surface area contributed by atoms with Crippen molar-refractivity contribution < 1.29 is 4.79 Å². The standard InChI is InChI=1S/C11H10N4O/c12-9-7-13-6-4-8(9)11(16)15-10-3-1-2-5-14-10/h1-7H,12H2,(H,14,15,16). The van der Waals surface area contributed by atoms with Crippen molar-refractivity contribution in [3.63, 3.8) is 0 Å². The summed E-state index contributed by atoms with van der Waals surface area (Å²) in [5.74, 6) is 0.197. The highest BCUT2D eigenvalue weighted by molar-refractivity contribution is 6.07. The van der Waals surface area contributed by atoms with Crippen LogP contribution in [0.15, 0.2) is 42.9 Å². The van der Waals surface area contributed by atoms with Crippen LogP contribution in [-0.2, 0) is 0 Å². The first-order chi connectivity index (χ1) is 7.77. The minimum absolute atomic E-state index is 0.293. The van der Waals surface area contributed by atoms with Gasteiger partial charge in [-0.15, -0.1) is 0 Å². The van der Waals surface area contributed by atoms with E-state index < -0.39 is 0 Å². The lowest BCUT2D eigenvalue weighted by atomic mass is 10.2. The summed E-state index contributed by atoms with van der Waals surface area (Å²) in [5.41, 5.74) is 6.36. The van der Waals surface area contributed by atoms with Gasteiger partial charge in [-0.1, -0.05) is 6.07 Å². The van der Waals surface area contributed by atoms with Crippen molar-refractivity contribution in [2.75, 3.05) is 11.1 Å². The molecule has 0 aliphatic heterocycles. The molecule has 0 atom stereocenters. The molecule has 0 radical (unpaired) electrons. The highest BCUT2D eigenvalue weighted by atomic mass is 16.1. The molecule has 0 aromatic carbocycles. The quantitative estimate of drug-likeness (QED) is 0.789. The highest BCUT2D eigenvalue weighted by Crippen LogP contribution is 2.11. The Morgan fingerprint density at radius 2 is 2.12 bits per heavy atom. The second kappa shape index (κ2) is 4.39. The van der Waals surface area contributed by atoms with Crippen molar-refractivity contribution in [3.05, 3.63) is 48.4 Å². The summed E-state index contributed by atoms with van der Waals surface area (Å²) in [6.07, 6.45) is 4.56. The molecule has 80 valence electrons. The fourth-order valence-electron chi connectivity index (χ4n) is 1.23. The average Bonchev–Trinajstić information content (AvgIpc) is 2.31. The van der Waals surface area contributed by atoms with Gasteiger partial charge in [-0.05, 0) is 18.2 Å². The second-order valence-corrected chi connectivity index (χ2v) is 3.13. The van der Waals surface area contributed by atoms with E-state index in [2.05, 4.69) is 15.3 Å². The summed E-state index contributed by atoms with van der Waals surface area (Å²) in [6, 6.07) is 6.83. The van der Waals surface area contributed by atoms with Crippen LogP contribution >= 0.6 is 0 Å². The maximum Gasteiger partial charge on any atom is 0.259 e. The molecule has 0 saturated heterocycles. The zero-order chi connectivity index (χ0) is 11.4. The number of carbonyl (C=O) groups is 1. The molecule has 2 aromatic heterocycles. The lowest BCUT2D eigenvalue weighted by molar-refractivity contribution is 0.102. The zero-order valence-corrected chi connectivity index (χ0v) is 8.42. The minimum atomic E-state index is -0.293. The largest absolute Gasteiger partial charge is 0.397 e. The predicted octanol–water partition coefficient (Wildman–Crippen LogP) is 1.31. The molecule has 3 N–H and O–H groups in total. The van der Waals surface area contributed by atoms with Crippen LogP contribution in [0.25, 0.3) is 0 Å². The lowest BCUT2D eigenvalue weighted by Gasteiger charge is -2.05. The summed E-state index contributed by atoms with van der Waals surface area (Å²) in [4.78, 5) is 19.6. The van der Waals surface area contributed by atoms with Crippen molar-refractivity contribution in [1.29, 1.82) is 0 Å². The van der Waals surface area contributed by atoms with Gasteiger partial charge < -0.3 is 11.1 Å². The molecular weight excluding hydrogens is 204 g/mol. The van der Waals surface area contributed by atoms with Gasteiger partial charge in [0.25, 0.3) is 5.91 Å². The molecule has 0 saturated carbocycles. The fraction of sp³-hybridized carbons (Fsp3) is 0. The number of aromatic nitrogens is 2. The number of nitrogen functional groups attached to an aromatic ring is 1. The minimum Gasteiger partial charge on any atom is -0.397 e. The van der Waals surface area contributed by atoms with Gasteiger partial charge in [0.2, 0.25) is 0 Å². The predicted molar refractivity (Wildman–Crippen MR) is 60.8 cm³/mol. The number of hydrogen-bond acceptors (Lipinski definition) is 4. The van der Waals surface area contributed by atoms with Gasteiger partial charge in [0, 0.05) is 12.4 Å². The molecule has 2 heterocycles. The maximum absolute atomic E-state index is 11.8. The molecule has 16 heavy (non-hydrogen) atoms. The number of pyridine rings is 2. The third-order valence-corrected chi connectivity index (χ3v) is 2.00. The smallest absolute Gasteiger partial charge is 0.259 e. The Balaban J connectivity index is 2.19. The molecule has 0 aliphatic carbocycles. The summed E-state index contributed by atoms with van der Waals surface area (Å²) < 4.78 is 0. The van der Waals surface area contributed by atoms with Crippen molar-refractivity contribution >= 4 is 17.4 Å². The topological polar surface area (TPSA) is 80.9 Å². The van der Waals surface area contributed by atoms with Crippen molar-refractivity contribution in [2.45, 2.75) is 0 Å². The van der Waals surface area contributed by atoms with E-state index in [9.17, 15) is 4.79 Å². The van der Waals surface area contributed by atoms with Gasteiger partial charge in [-0.2, -0.15) is 0 Å². The zero-order valence-electron chi connectivity index (χ0n) is 8.42. The summed E-state index contributed by atoms with van der Waals surface area (Å²) in [5, 5.41) is 2.64. The summed E-state index contributed by atoms with van der Waals surface area (Å²) in [7, 11) is 0. The summed E-state index contributed by atoms with van der Waals surface area (Å²) >= 11 is 0. The molecular formula is C11H10N4O. The van der Waals surface area contributed by atoms with E-state index in [4.69, 9.17) is 5.73 Å². The number of anilines is 2. The molecule has 0 aliphatic rings. The van der Waals surface area contributed by atoms with Crippen LogP contribution < -0.4 is 11.1 Å². The number of hydrogen-bond donors (Lipinski definition) is 2. The average molecular weight is 214 g/mol. The molecule has 1 amide bonds. The second-order valence-electron chi connectivity index (χ2n) is 3.13. The first kappa shape index (κ1) is 10.1. The Bertz CT molecular complexity index is 498. The molecule has 0 unspecified atom stereocenters. The fourth-order valence-corrected chi connectivity index (χ4v) is 1.23. The van der Waals surface area contributed by atoms with Crippen LogP contribution in [-0.4, -0.2) is 15.9 Å². The number of rotatable bonds is 2. The van der Waals surface area contributed by atoms with E-state index in [1.165, 1.54) is 12.4 Å². The normalized spacial score (nSPS) is 9.75. The first-order valence-electron chi connectivity index (χ1n) is 4.69. The van der Waals surface area contributed by atoms with Gasteiger partial charge in [0.15, 0.2) is 0 Å². The Labute approximate surface area is 92.3 Å². The monoisotopic (exact) mass is 214 g/mol. The molecule has 5 heteroatoms. The van der Waals surface area contributed by atoms with E-state index in [1.807, 2.05) is 0 Å². The van der Waals surface area contributed by atoms with Gasteiger partial charge >= 0.3 is 0 Å². The third kappa shape index (κ3) is 2.14.